The average Bonchev–Trinajstić information content (AvgIpc) is 3.30. The van der Waals surface area contributed by atoms with Crippen LogP contribution in [0.25, 0.3) is 0 Å². The van der Waals surface area contributed by atoms with Crippen LogP contribution in [-0.2, 0) is 44.8 Å². The molecule has 14 heteroatoms. The van der Waals surface area contributed by atoms with E-state index in [0.29, 0.717) is 57.2 Å². The fraction of sp³-hybridized carbons (Fsp3) is 0.629. The minimum atomic E-state index is -0.805. The third kappa shape index (κ3) is 16.9. The molecule has 0 aliphatic carbocycles. The van der Waals surface area contributed by atoms with Gasteiger partial charge in [-0.1, -0.05) is 12.1 Å². The summed E-state index contributed by atoms with van der Waals surface area (Å²) in [7, 11) is 3.68. The second-order valence-corrected chi connectivity index (χ2v) is 13.7. The first-order valence-corrected chi connectivity index (χ1v) is 16.6. The third-order valence-electron chi connectivity index (χ3n) is 7.55. The van der Waals surface area contributed by atoms with Crippen LogP contribution in [0.3, 0.4) is 0 Å². The van der Waals surface area contributed by atoms with Gasteiger partial charge in [-0.3, -0.25) is 48.4 Å². The van der Waals surface area contributed by atoms with E-state index < -0.39 is 23.4 Å². The summed E-state index contributed by atoms with van der Waals surface area (Å²) in [6.07, 6.45) is 0.807. The summed E-state index contributed by atoms with van der Waals surface area (Å²) in [5.74, 6) is -2.12. The molecule has 1 fully saturated rings. The van der Waals surface area contributed by atoms with Gasteiger partial charge in [0, 0.05) is 58.5 Å². The molecule has 272 valence electrons. The fourth-order valence-corrected chi connectivity index (χ4v) is 5.09. The molecule has 1 aliphatic heterocycles. The van der Waals surface area contributed by atoms with Crippen molar-refractivity contribution in [3.8, 4) is 0 Å². The van der Waals surface area contributed by atoms with Gasteiger partial charge >= 0.3 is 11.9 Å². The van der Waals surface area contributed by atoms with Crippen molar-refractivity contribution in [3.63, 3.8) is 0 Å². The van der Waals surface area contributed by atoms with Crippen LogP contribution in [0.5, 0.6) is 0 Å². The molecule has 0 saturated carbocycles. The van der Waals surface area contributed by atoms with Gasteiger partial charge in [0.2, 0.25) is 0 Å². The normalized spacial score (nSPS) is 13.6. The number of ether oxygens (including phenoxy) is 1. The van der Waals surface area contributed by atoms with Crippen molar-refractivity contribution in [1.29, 1.82) is 0 Å². The number of benzene rings is 1. The van der Waals surface area contributed by atoms with E-state index in [2.05, 4.69) is 0 Å². The minimum Gasteiger partial charge on any atom is -0.459 e. The highest BCUT2D eigenvalue weighted by Gasteiger charge is 2.33. The Morgan fingerprint density at radius 3 is 1.65 bits per heavy atom. The first-order valence-electron chi connectivity index (χ1n) is 16.6. The maximum Gasteiger partial charge on any atom is 0.363 e. The van der Waals surface area contributed by atoms with Crippen LogP contribution >= 0.6 is 0 Å². The van der Waals surface area contributed by atoms with Crippen LogP contribution in [0.15, 0.2) is 24.3 Å². The standard InChI is InChI=1S/C35H53N5O9/c1-26(41)22-38(20-21-39(23-27(2)42)19-17-37(7)25-33(46)48-35(3,4)5)18-16-36(6)24-30(43)13-10-28-8-11-29(12-9-28)34(47)49-40-31(44)14-15-32(40)45/h8-9,11-12H,10,13-25H2,1-7H3. The van der Waals surface area contributed by atoms with Gasteiger partial charge in [0.1, 0.15) is 23.0 Å². The number of nitrogens with zero attached hydrogens (tertiary/aromatic N) is 5. The lowest BCUT2D eigenvalue weighted by Crippen LogP contribution is -2.44. The Labute approximate surface area is 289 Å². The number of Topliss-reactive ketones (excluding diaryl/α,β-unsaturated/α-hetero) is 3. The summed E-state index contributed by atoms with van der Waals surface area (Å²) in [5.41, 5.74) is 0.476. The number of hydroxylamine groups is 2. The molecule has 0 radical (unpaired) electrons. The van der Waals surface area contributed by atoms with Gasteiger partial charge in [-0.2, -0.15) is 0 Å². The Kier molecular flexibility index (Phi) is 16.8. The van der Waals surface area contributed by atoms with Gasteiger partial charge in [-0.25, -0.2) is 4.79 Å². The number of carbonyl (C=O) groups is 7. The van der Waals surface area contributed by atoms with Gasteiger partial charge in [0.25, 0.3) is 11.8 Å². The smallest absolute Gasteiger partial charge is 0.363 e. The monoisotopic (exact) mass is 687 g/mol. The number of carbonyl (C=O) groups excluding carboxylic acids is 7. The summed E-state index contributed by atoms with van der Waals surface area (Å²) >= 11 is 0. The molecule has 1 aromatic carbocycles. The zero-order valence-electron chi connectivity index (χ0n) is 30.1. The van der Waals surface area contributed by atoms with E-state index >= 15 is 0 Å². The fourth-order valence-electron chi connectivity index (χ4n) is 5.09. The van der Waals surface area contributed by atoms with E-state index in [4.69, 9.17) is 9.57 Å². The Bertz CT molecular complexity index is 1310. The Morgan fingerprint density at radius 2 is 1.18 bits per heavy atom. The minimum absolute atomic E-state index is 0.0189. The van der Waals surface area contributed by atoms with Crippen LogP contribution in [0.2, 0.25) is 0 Å². The average molecular weight is 688 g/mol. The molecule has 1 heterocycles. The molecule has 0 unspecified atom stereocenters. The SMILES string of the molecule is CC(=O)CN(CCN(C)CC(=O)CCc1ccc(C(=O)ON2C(=O)CCC2=O)cc1)CCN(CCN(C)CC(=O)OC(C)(C)C)CC(C)=O. The first-order chi connectivity index (χ1) is 22.9. The molecule has 1 aromatic rings. The molecule has 1 saturated heterocycles. The van der Waals surface area contributed by atoms with E-state index in [0.717, 1.165) is 5.56 Å². The predicted molar refractivity (Wildman–Crippen MR) is 181 cm³/mol. The molecule has 2 amide bonds. The van der Waals surface area contributed by atoms with Crippen LogP contribution in [-0.4, -0.2) is 151 Å². The summed E-state index contributed by atoms with van der Waals surface area (Å²) in [5, 5.41) is 0.506. The van der Waals surface area contributed by atoms with Crippen molar-refractivity contribution >= 4 is 41.1 Å². The van der Waals surface area contributed by atoms with E-state index in [1.54, 1.807) is 12.1 Å². The number of esters is 1. The number of rotatable bonds is 22. The van der Waals surface area contributed by atoms with Crippen molar-refractivity contribution in [2.45, 2.75) is 65.9 Å². The number of imide groups is 1. The molecule has 14 nitrogen and oxygen atoms in total. The number of hydrogen-bond donors (Lipinski definition) is 0. The number of likely N-dealkylation sites (N-methyl/N-ethyl adjacent to an activating group) is 2. The zero-order chi connectivity index (χ0) is 36.7. The zero-order valence-corrected chi connectivity index (χ0v) is 30.1. The molecule has 0 spiro atoms. The molecule has 1 aliphatic rings. The molecular formula is C35H53N5O9. The van der Waals surface area contributed by atoms with E-state index in [1.165, 1.54) is 26.0 Å². The van der Waals surface area contributed by atoms with Gasteiger partial charge < -0.3 is 9.57 Å². The van der Waals surface area contributed by atoms with Gasteiger partial charge in [0.15, 0.2) is 0 Å². The van der Waals surface area contributed by atoms with E-state index in [9.17, 15) is 33.6 Å². The summed E-state index contributed by atoms with van der Waals surface area (Å²) in [4.78, 5) is 97.3. The van der Waals surface area contributed by atoms with Crippen LogP contribution in [0, 0.1) is 0 Å². The maximum absolute atomic E-state index is 12.7. The van der Waals surface area contributed by atoms with E-state index in [1.807, 2.05) is 54.5 Å². The number of amides is 2. The molecule has 0 aromatic heterocycles. The van der Waals surface area contributed by atoms with Crippen molar-refractivity contribution in [2.75, 3.05) is 79.5 Å². The highest BCUT2D eigenvalue weighted by atomic mass is 16.7. The van der Waals surface area contributed by atoms with Gasteiger partial charge in [-0.15, -0.1) is 5.06 Å². The summed E-state index contributed by atoms with van der Waals surface area (Å²) in [6, 6.07) is 6.47. The molecule has 49 heavy (non-hydrogen) atoms. The second kappa shape index (κ2) is 20.0. The Balaban J connectivity index is 1.79. The van der Waals surface area contributed by atoms with Gasteiger partial charge in [-0.05, 0) is 72.8 Å². The van der Waals surface area contributed by atoms with Crippen LogP contribution < -0.4 is 0 Å². The van der Waals surface area contributed by atoms with Crippen molar-refractivity contribution in [1.82, 2.24) is 24.7 Å². The van der Waals surface area contributed by atoms with Crippen LogP contribution in [0.4, 0.5) is 0 Å². The van der Waals surface area contributed by atoms with Crippen molar-refractivity contribution in [3.05, 3.63) is 35.4 Å². The summed E-state index contributed by atoms with van der Waals surface area (Å²) in [6.45, 7) is 12.8. The second-order valence-electron chi connectivity index (χ2n) is 13.7. The molecule has 0 N–H and O–H groups in total. The highest BCUT2D eigenvalue weighted by Crippen LogP contribution is 2.15. The van der Waals surface area contributed by atoms with Gasteiger partial charge in [0.05, 0.1) is 31.7 Å². The first kappa shape index (κ1) is 41.3. The number of hydrogen-bond acceptors (Lipinski definition) is 13. The Morgan fingerprint density at radius 1 is 0.714 bits per heavy atom. The Hall–Kier alpha value is -3.85. The molecule has 2 rings (SSSR count). The quantitative estimate of drug-likeness (QED) is 0.128. The topological polar surface area (TPSA) is 154 Å². The van der Waals surface area contributed by atoms with Crippen molar-refractivity contribution in [2.24, 2.45) is 0 Å². The lowest BCUT2D eigenvalue weighted by atomic mass is 10.1. The largest absolute Gasteiger partial charge is 0.459 e. The molecule has 0 atom stereocenters. The molecular weight excluding hydrogens is 634 g/mol. The number of ketones is 3. The summed E-state index contributed by atoms with van der Waals surface area (Å²) < 4.78 is 5.39. The lowest BCUT2D eigenvalue weighted by molar-refractivity contribution is -0.172. The maximum atomic E-state index is 12.7. The van der Waals surface area contributed by atoms with Crippen molar-refractivity contribution < 1.29 is 43.1 Å². The third-order valence-corrected chi connectivity index (χ3v) is 7.55. The van der Waals surface area contributed by atoms with Crippen LogP contribution in [0.1, 0.15) is 69.8 Å². The number of aryl methyl sites for hydroxylation is 1. The predicted octanol–water partition coefficient (Wildman–Crippen LogP) is 1.40. The van der Waals surface area contributed by atoms with E-state index in [-0.39, 0.29) is 67.9 Å². The highest BCUT2D eigenvalue weighted by molar-refractivity contribution is 6.02. The lowest BCUT2D eigenvalue weighted by Gasteiger charge is -2.29. The molecule has 0 bridgehead atoms.